The van der Waals surface area contributed by atoms with Crippen LogP contribution in [0.2, 0.25) is 0 Å². The van der Waals surface area contributed by atoms with Crippen LogP contribution >= 0.6 is 0 Å². The molecule has 1 aliphatic rings. The summed E-state index contributed by atoms with van der Waals surface area (Å²) in [5.74, 6) is -1.61. The molecule has 6 heteroatoms. The number of carbonyl (C=O) groups is 3. The summed E-state index contributed by atoms with van der Waals surface area (Å²) in [5.41, 5.74) is 0.982. The molecule has 0 heterocycles. The van der Waals surface area contributed by atoms with E-state index in [-0.39, 0.29) is 36.2 Å². The van der Waals surface area contributed by atoms with Crippen molar-refractivity contribution in [3.8, 4) is 0 Å². The molecule has 0 aromatic heterocycles. The van der Waals surface area contributed by atoms with Crippen LogP contribution in [0.5, 0.6) is 0 Å². The van der Waals surface area contributed by atoms with Crippen LogP contribution in [0.25, 0.3) is 0 Å². The van der Waals surface area contributed by atoms with Crippen LogP contribution in [0.4, 0.5) is 0 Å². The van der Waals surface area contributed by atoms with E-state index in [4.69, 9.17) is 9.47 Å². The fraction of sp³-hybridized carbons (Fsp3) is 0.562. The predicted molar refractivity (Wildman–Crippen MR) is 80.8 cm³/mol. The number of ether oxygens (including phenoxy) is 2. The third kappa shape index (κ3) is 3.96. The van der Waals surface area contributed by atoms with Gasteiger partial charge in [-0.05, 0) is 32.3 Å². The molecule has 0 aliphatic heterocycles. The summed E-state index contributed by atoms with van der Waals surface area (Å²) < 4.78 is 10.1. The molecule has 6 nitrogen and oxygen atoms in total. The summed E-state index contributed by atoms with van der Waals surface area (Å²) in [4.78, 5) is 36.0. The van der Waals surface area contributed by atoms with Crippen molar-refractivity contribution >= 4 is 17.8 Å². The quantitative estimate of drug-likeness (QED) is 0.779. The maximum Gasteiger partial charge on any atom is 0.339 e. The highest BCUT2D eigenvalue weighted by Crippen LogP contribution is 2.31. The van der Waals surface area contributed by atoms with Gasteiger partial charge in [-0.3, -0.25) is 4.79 Å². The van der Waals surface area contributed by atoms with Crippen LogP contribution in [-0.4, -0.2) is 37.1 Å². The second-order valence-electron chi connectivity index (χ2n) is 5.12. The molecule has 0 aromatic carbocycles. The van der Waals surface area contributed by atoms with Gasteiger partial charge in [-0.2, -0.15) is 0 Å². The first-order chi connectivity index (χ1) is 10.3. The Kier molecular flexibility index (Phi) is 6.34. The van der Waals surface area contributed by atoms with Crippen LogP contribution < -0.4 is 5.32 Å². The third-order valence-corrected chi connectivity index (χ3v) is 3.35. The van der Waals surface area contributed by atoms with E-state index in [2.05, 4.69) is 5.32 Å². The van der Waals surface area contributed by atoms with Crippen molar-refractivity contribution in [3.05, 3.63) is 22.8 Å². The maximum absolute atomic E-state index is 12.3. The Hall–Kier alpha value is -2.11. The van der Waals surface area contributed by atoms with Crippen LogP contribution in [0.1, 0.15) is 34.6 Å². The largest absolute Gasteiger partial charge is 0.463 e. The van der Waals surface area contributed by atoms with Crippen molar-refractivity contribution < 1.29 is 23.9 Å². The number of hydrogen-bond donors (Lipinski definition) is 1. The Morgan fingerprint density at radius 2 is 1.68 bits per heavy atom. The van der Waals surface area contributed by atoms with Crippen LogP contribution in [-0.2, 0) is 23.9 Å². The molecule has 1 aliphatic carbocycles. The van der Waals surface area contributed by atoms with Gasteiger partial charge in [0.15, 0.2) is 0 Å². The summed E-state index contributed by atoms with van der Waals surface area (Å²) in [6.07, 6.45) is 1.84. The molecule has 0 fully saturated rings. The van der Waals surface area contributed by atoms with Crippen molar-refractivity contribution in [1.82, 2.24) is 5.32 Å². The molecule has 0 radical (unpaired) electrons. The Morgan fingerprint density at radius 3 is 2.18 bits per heavy atom. The molecule has 22 heavy (non-hydrogen) atoms. The maximum atomic E-state index is 12.3. The minimum atomic E-state index is -0.611. The molecule has 0 bridgehead atoms. The lowest BCUT2D eigenvalue weighted by Gasteiger charge is -2.30. The molecule has 1 amide bonds. The highest BCUT2D eigenvalue weighted by atomic mass is 16.5. The van der Waals surface area contributed by atoms with E-state index >= 15 is 0 Å². The highest BCUT2D eigenvalue weighted by molar-refractivity contribution is 6.05. The molecule has 0 unspecified atom stereocenters. The predicted octanol–water partition coefficient (Wildman–Crippen LogP) is 1.51. The Balaban J connectivity index is 3.41. The summed E-state index contributed by atoms with van der Waals surface area (Å²) in [7, 11) is 0. The smallest absolute Gasteiger partial charge is 0.339 e. The molecular formula is C16H23NO5. The zero-order valence-electron chi connectivity index (χ0n) is 13.7. The molecule has 0 spiro atoms. The second-order valence-corrected chi connectivity index (χ2v) is 5.12. The van der Waals surface area contributed by atoms with Crippen LogP contribution in [0.15, 0.2) is 22.8 Å². The molecular weight excluding hydrogens is 286 g/mol. The Labute approximate surface area is 130 Å². The zero-order chi connectivity index (χ0) is 16.9. The zero-order valence-corrected chi connectivity index (χ0v) is 13.7. The number of nitrogens with one attached hydrogen (secondary N) is 1. The lowest BCUT2D eigenvalue weighted by molar-refractivity contribution is -0.142. The van der Waals surface area contributed by atoms with Gasteiger partial charge in [-0.15, -0.1) is 0 Å². The lowest BCUT2D eigenvalue weighted by Crippen LogP contribution is -2.44. The van der Waals surface area contributed by atoms with E-state index in [9.17, 15) is 14.4 Å². The molecule has 0 aromatic rings. The van der Waals surface area contributed by atoms with Crippen LogP contribution in [0, 0.1) is 5.92 Å². The molecule has 2 atom stereocenters. The average molecular weight is 309 g/mol. The van der Waals surface area contributed by atoms with Gasteiger partial charge in [0.1, 0.15) is 0 Å². The number of esters is 2. The van der Waals surface area contributed by atoms with Gasteiger partial charge in [0.05, 0.1) is 30.4 Å². The molecule has 1 N–H and O–H groups in total. The van der Waals surface area contributed by atoms with E-state index in [0.717, 1.165) is 0 Å². The minimum absolute atomic E-state index is 0.138. The topological polar surface area (TPSA) is 81.7 Å². The molecule has 0 saturated carbocycles. The van der Waals surface area contributed by atoms with E-state index < -0.39 is 18.0 Å². The Morgan fingerprint density at radius 1 is 1.14 bits per heavy atom. The van der Waals surface area contributed by atoms with Crippen molar-refractivity contribution in [1.29, 1.82) is 0 Å². The standard InChI is InChI=1S/C16H23NO5/c1-6-21-15(19)12-9(3)8-10(4)14(17-11(5)18)13(12)16(20)22-7-2/h8,10,14H,6-7H2,1-5H3,(H,17,18)/t10-,14+/m0/s1. The lowest BCUT2D eigenvalue weighted by atomic mass is 9.81. The highest BCUT2D eigenvalue weighted by Gasteiger charge is 2.37. The number of carbonyl (C=O) groups excluding carboxylic acids is 3. The SMILES string of the molecule is CCOC(=O)C1=C(C(=O)OCC)[C@H](NC(C)=O)[C@@H](C)C=C1C. The first-order valence-corrected chi connectivity index (χ1v) is 7.37. The van der Waals surface area contributed by atoms with E-state index in [1.807, 2.05) is 13.0 Å². The fourth-order valence-corrected chi connectivity index (χ4v) is 2.54. The van der Waals surface area contributed by atoms with E-state index in [0.29, 0.717) is 5.57 Å². The molecule has 0 saturated heterocycles. The normalized spacial score (nSPS) is 21.0. The van der Waals surface area contributed by atoms with Crippen molar-refractivity contribution in [2.75, 3.05) is 13.2 Å². The average Bonchev–Trinajstić information content (AvgIpc) is 2.41. The summed E-state index contributed by atoms with van der Waals surface area (Å²) in [5, 5.41) is 2.72. The minimum Gasteiger partial charge on any atom is -0.463 e. The van der Waals surface area contributed by atoms with Gasteiger partial charge in [0, 0.05) is 6.92 Å². The van der Waals surface area contributed by atoms with Crippen LogP contribution in [0.3, 0.4) is 0 Å². The van der Waals surface area contributed by atoms with Gasteiger partial charge >= 0.3 is 11.9 Å². The van der Waals surface area contributed by atoms with Gasteiger partial charge in [0.25, 0.3) is 0 Å². The van der Waals surface area contributed by atoms with Crippen molar-refractivity contribution in [2.24, 2.45) is 5.92 Å². The summed E-state index contributed by atoms with van der Waals surface area (Å²) in [6, 6.07) is -0.611. The first kappa shape index (κ1) is 17.9. The third-order valence-electron chi connectivity index (χ3n) is 3.35. The molecule has 122 valence electrons. The van der Waals surface area contributed by atoms with Crippen molar-refractivity contribution in [3.63, 3.8) is 0 Å². The fourth-order valence-electron chi connectivity index (χ4n) is 2.54. The second kappa shape index (κ2) is 7.77. The summed E-state index contributed by atoms with van der Waals surface area (Å²) in [6.45, 7) is 8.74. The van der Waals surface area contributed by atoms with Gasteiger partial charge < -0.3 is 14.8 Å². The van der Waals surface area contributed by atoms with Gasteiger partial charge in [-0.1, -0.05) is 13.0 Å². The molecule has 1 rings (SSSR count). The summed E-state index contributed by atoms with van der Waals surface area (Å²) >= 11 is 0. The first-order valence-electron chi connectivity index (χ1n) is 7.37. The van der Waals surface area contributed by atoms with Gasteiger partial charge in [0.2, 0.25) is 5.91 Å². The van der Waals surface area contributed by atoms with Gasteiger partial charge in [-0.25, -0.2) is 9.59 Å². The number of amides is 1. The monoisotopic (exact) mass is 309 g/mol. The number of rotatable bonds is 5. The Bertz CT molecular complexity index is 533. The number of hydrogen-bond acceptors (Lipinski definition) is 5. The van der Waals surface area contributed by atoms with E-state index in [1.54, 1.807) is 20.8 Å². The van der Waals surface area contributed by atoms with E-state index in [1.165, 1.54) is 6.92 Å². The van der Waals surface area contributed by atoms with Crippen molar-refractivity contribution in [2.45, 2.75) is 40.7 Å².